The molecule has 1 radical (unpaired) electrons. The Labute approximate surface area is 93.1 Å². The van der Waals surface area contributed by atoms with Crippen molar-refractivity contribution in [2.24, 2.45) is 0 Å². The molecule has 0 saturated carbocycles. The van der Waals surface area contributed by atoms with Crippen molar-refractivity contribution >= 4 is 28.1 Å². The summed E-state index contributed by atoms with van der Waals surface area (Å²) >= 11 is 0. The predicted octanol–water partition coefficient (Wildman–Crippen LogP) is -5.05. The van der Waals surface area contributed by atoms with Gasteiger partial charge in [-0.3, -0.25) is 0 Å². The first-order chi connectivity index (χ1) is 3.71. The fourth-order valence-electron chi connectivity index (χ4n) is 0.102. The fourth-order valence-corrected chi connectivity index (χ4v) is 2.76. The molecule has 0 heterocycles. The Bertz CT molecular complexity index is 240. The van der Waals surface area contributed by atoms with Gasteiger partial charge in [-0.25, -0.2) is 16.8 Å². The maximum atomic E-state index is 9.48. The van der Waals surface area contributed by atoms with Crippen LogP contribution in [0.1, 0.15) is 0 Å². The maximum Gasteiger partial charge on any atom is 2.00 e. The third-order valence-electron chi connectivity index (χ3n) is 0.167. The number of hydrogen-bond acceptors (Lipinski definition) is 7. The quantitative estimate of drug-likeness (QED) is 0.206. The molecule has 0 aromatic heterocycles. The van der Waals surface area contributed by atoms with Crippen molar-refractivity contribution < 1.29 is 64.9 Å². The molecular formula is H12CuO10S3+4. The number of rotatable bonds is 2. The predicted molar refractivity (Wildman–Crippen MR) is 46.5 cm³/mol. The molecule has 14 heavy (non-hydrogen) atoms. The average molecular weight is 332 g/mol. The van der Waals surface area contributed by atoms with Crippen molar-refractivity contribution in [1.82, 2.24) is 0 Å². The van der Waals surface area contributed by atoms with Crippen molar-refractivity contribution in [2.45, 2.75) is 0 Å². The van der Waals surface area contributed by atoms with E-state index in [1.165, 1.54) is 0 Å². The molecule has 0 amide bonds. The van der Waals surface area contributed by atoms with Gasteiger partial charge in [-0.1, -0.05) is 0 Å². The van der Waals surface area contributed by atoms with Crippen LogP contribution in [0.4, 0.5) is 0 Å². The maximum absolute atomic E-state index is 9.48. The minimum atomic E-state index is -5.02. The summed E-state index contributed by atoms with van der Waals surface area (Å²) in [5, 5.41) is 0. The van der Waals surface area contributed by atoms with Gasteiger partial charge >= 0.3 is 17.1 Å². The summed E-state index contributed by atoms with van der Waals surface area (Å²) < 4.78 is 56.9. The van der Waals surface area contributed by atoms with Gasteiger partial charge in [0.2, 0.25) is 0 Å². The van der Waals surface area contributed by atoms with Gasteiger partial charge in [-0.2, -0.15) is 0 Å². The molecule has 0 fully saturated rings. The summed E-state index contributed by atoms with van der Waals surface area (Å²) in [6.45, 7) is 0. The van der Waals surface area contributed by atoms with E-state index in [0.717, 1.165) is 0 Å². The van der Waals surface area contributed by atoms with Gasteiger partial charge in [0.05, 0.1) is 9.83 Å². The van der Waals surface area contributed by atoms with Gasteiger partial charge in [0, 0.05) is 0 Å². The Morgan fingerprint density at radius 3 is 0.857 bits per heavy atom. The summed E-state index contributed by atoms with van der Waals surface area (Å²) in [4.78, 5) is 0. The Morgan fingerprint density at radius 2 is 0.857 bits per heavy atom. The molecule has 10 nitrogen and oxygen atoms in total. The van der Waals surface area contributed by atoms with Crippen LogP contribution in [0, 0.1) is 0 Å². The Morgan fingerprint density at radius 1 is 0.714 bits per heavy atom. The van der Waals surface area contributed by atoms with E-state index in [9.17, 15) is 25.9 Å². The van der Waals surface area contributed by atoms with E-state index in [1.807, 2.05) is 0 Å². The van der Waals surface area contributed by atoms with Crippen LogP contribution >= 0.6 is 9.83 Å². The van der Waals surface area contributed by atoms with Gasteiger partial charge in [0.25, 0.3) is 0 Å². The van der Waals surface area contributed by atoms with Gasteiger partial charge in [-0.15, -0.1) is 0 Å². The van der Waals surface area contributed by atoms with E-state index in [0.29, 0.717) is 0 Å². The normalized spacial score (nSPS) is 8.71. The smallest absolute Gasteiger partial charge is 0.739 e. The van der Waals surface area contributed by atoms with Crippen LogP contribution in [0.25, 0.3) is 0 Å². The molecule has 14 heteroatoms. The molecule has 97 valence electrons. The minimum absolute atomic E-state index is 0. The van der Waals surface area contributed by atoms with Crippen molar-refractivity contribution in [2.75, 3.05) is 0 Å². The van der Waals surface area contributed by atoms with E-state index < -0.39 is 28.1 Å². The average Bonchev–Trinajstić information content (AvgIpc) is 1.14. The van der Waals surface area contributed by atoms with Gasteiger partial charge < -0.3 is 31.0 Å². The van der Waals surface area contributed by atoms with E-state index in [1.54, 1.807) is 0 Å². The zero-order valence-electron chi connectivity index (χ0n) is 6.29. The molecule has 12 N–H and O–H groups in total. The minimum Gasteiger partial charge on any atom is -0.739 e. The summed E-state index contributed by atoms with van der Waals surface area (Å²) in [5.74, 6) is 0. The first kappa shape index (κ1) is 36.6. The van der Waals surface area contributed by atoms with Crippen molar-refractivity contribution in [3.8, 4) is 0 Å². The fraction of sp³-hybridized carbons (Fsp3) is 0. The topological polar surface area (TPSA) is 246 Å². The molecule has 0 bridgehead atoms. The van der Waals surface area contributed by atoms with E-state index in [4.69, 9.17) is 0 Å². The third kappa shape index (κ3) is 39.1. The molecule has 0 unspecified atom stereocenters. The van der Waals surface area contributed by atoms with Crippen LogP contribution in [0.3, 0.4) is 0 Å². The van der Waals surface area contributed by atoms with Crippen LogP contribution in [-0.2, 0) is 57.3 Å². The Kier molecular flexibility index (Phi) is 30.3. The van der Waals surface area contributed by atoms with Crippen molar-refractivity contribution in [3.63, 3.8) is 0 Å². The van der Waals surface area contributed by atoms with Crippen LogP contribution in [0.15, 0.2) is 0 Å². The molecule has 0 spiro atoms. The monoisotopic (exact) mass is 331 g/mol. The Hall–Kier alpha value is 0.529. The molecule has 0 rings (SSSR count). The zero-order chi connectivity index (χ0) is 7.71. The molecular weight excluding hydrogens is 320 g/mol. The molecule has 0 aromatic rings. The zero-order valence-corrected chi connectivity index (χ0v) is 9.68. The standard InChI is InChI=1S/Cu.H2O6S3.4H2O/c;1-8(2,3)7-9(4,5)6;;;;/h;(H,1,2,3)(H,4,5,6);4*1H2/q+2;;;;;/p+2. The first-order valence-corrected chi connectivity index (χ1v) is 6.00. The largest absolute Gasteiger partial charge is 2.00 e. The molecule has 0 aliphatic rings. The molecule has 0 aliphatic carbocycles. The summed E-state index contributed by atoms with van der Waals surface area (Å²) in [6.07, 6.45) is 0. The summed E-state index contributed by atoms with van der Waals surface area (Å²) in [7, 11) is -11.2. The van der Waals surface area contributed by atoms with Gasteiger partial charge in [0.1, 0.15) is 0 Å². The summed E-state index contributed by atoms with van der Waals surface area (Å²) in [6, 6.07) is 0. The van der Waals surface area contributed by atoms with E-state index in [2.05, 4.69) is 0 Å². The van der Waals surface area contributed by atoms with Crippen LogP contribution in [-0.4, -0.2) is 25.9 Å². The molecule has 0 aromatic carbocycles. The first-order valence-electron chi connectivity index (χ1n) is 1.33. The number of hydrogen-bond donors (Lipinski definition) is 0. The third-order valence-corrected chi connectivity index (χ3v) is 4.50. The SMILES string of the molecule is O=S(=O)([O-])SS(=O)(=O)[O-].[Cu+2].[OH3+].[OH3+].[OH3+].[OH3+]. The summed E-state index contributed by atoms with van der Waals surface area (Å²) in [5.41, 5.74) is 0. The van der Waals surface area contributed by atoms with E-state index in [-0.39, 0.29) is 39.0 Å². The van der Waals surface area contributed by atoms with Crippen LogP contribution in [0.2, 0.25) is 0 Å². The molecule has 0 aliphatic heterocycles. The van der Waals surface area contributed by atoms with Crippen LogP contribution < -0.4 is 0 Å². The van der Waals surface area contributed by atoms with Crippen LogP contribution in [0.5, 0.6) is 0 Å². The molecule has 0 atom stereocenters. The van der Waals surface area contributed by atoms with Crippen molar-refractivity contribution in [1.29, 1.82) is 0 Å². The van der Waals surface area contributed by atoms with E-state index >= 15 is 0 Å². The second kappa shape index (κ2) is 11.6. The second-order valence-corrected chi connectivity index (χ2v) is 6.74. The van der Waals surface area contributed by atoms with Gasteiger partial charge in [0.15, 0.2) is 18.3 Å². The van der Waals surface area contributed by atoms with Crippen molar-refractivity contribution in [3.05, 3.63) is 0 Å². The second-order valence-electron chi connectivity index (χ2n) is 0.885. The molecule has 0 saturated heterocycles. The Balaban J connectivity index is -0.0000000320. The van der Waals surface area contributed by atoms with Gasteiger partial charge in [-0.05, 0) is 0 Å².